The van der Waals surface area contributed by atoms with Crippen LogP contribution in [-0.2, 0) is 13.1 Å². The maximum Gasteiger partial charge on any atom is 0.277 e. The maximum absolute atomic E-state index is 14.0. The van der Waals surface area contributed by atoms with Gasteiger partial charge < -0.3 is 18.2 Å². The summed E-state index contributed by atoms with van der Waals surface area (Å²) in [7, 11) is 0. The number of nitrogens with zero attached hydrogens (tertiary/aromatic N) is 7. The second-order valence-corrected chi connectivity index (χ2v) is 11.1. The number of hydrogen-bond acceptors (Lipinski definition) is 8. The molecular weight excluding hydrogens is 542 g/mol. The zero-order valence-electron chi connectivity index (χ0n) is 24.3. The first-order valence-electron chi connectivity index (χ1n) is 14.1. The number of aryl methyl sites for hydroxylation is 2. The van der Waals surface area contributed by atoms with Gasteiger partial charge in [0.15, 0.2) is 0 Å². The van der Waals surface area contributed by atoms with E-state index in [-0.39, 0.29) is 11.5 Å². The molecule has 0 aliphatic rings. The van der Waals surface area contributed by atoms with E-state index in [1.807, 2.05) is 42.6 Å². The van der Waals surface area contributed by atoms with Gasteiger partial charge in [-0.25, -0.2) is 4.98 Å². The van der Waals surface area contributed by atoms with Gasteiger partial charge >= 0.3 is 0 Å². The van der Waals surface area contributed by atoms with E-state index in [1.165, 1.54) is 0 Å². The van der Waals surface area contributed by atoms with Crippen LogP contribution in [0.2, 0.25) is 0 Å². The molecule has 0 radical (unpaired) electrons. The van der Waals surface area contributed by atoms with Gasteiger partial charge in [-0.1, -0.05) is 66.6 Å². The average Bonchev–Trinajstić information content (AvgIpc) is 3.73. The summed E-state index contributed by atoms with van der Waals surface area (Å²) in [6.07, 6.45) is 1.81. The van der Waals surface area contributed by atoms with Crippen LogP contribution in [0, 0.1) is 13.8 Å². The fourth-order valence-corrected chi connectivity index (χ4v) is 5.48. The second kappa shape index (κ2) is 10.5. The van der Waals surface area contributed by atoms with E-state index in [9.17, 15) is 4.79 Å². The predicted octanol–water partition coefficient (Wildman–Crippen LogP) is 6.29. The third-order valence-electron chi connectivity index (χ3n) is 7.51. The molecule has 0 aliphatic carbocycles. The van der Waals surface area contributed by atoms with Crippen LogP contribution in [0.3, 0.4) is 0 Å². The van der Waals surface area contributed by atoms with Crippen molar-refractivity contribution in [1.82, 2.24) is 34.4 Å². The minimum Gasteiger partial charge on any atom is -0.339 e. The van der Waals surface area contributed by atoms with Gasteiger partial charge in [-0.05, 0) is 46.2 Å². The number of rotatable bonds is 7. The Balaban J connectivity index is 1.26. The third kappa shape index (κ3) is 5.01. The van der Waals surface area contributed by atoms with Crippen LogP contribution in [0.5, 0.6) is 0 Å². The van der Waals surface area contributed by atoms with Crippen LogP contribution in [0.15, 0.2) is 86.8 Å². The third-order valence-corrected chi connectivity index (χ3v) is 7.51. The summed E-state index contributed by atoms with van der Waals surface area (Å²) >= 11 is 0. The molecule has 3 aromatic carbocycles. The van der Waals surface area contributed by atoms with E-state index in [0.717, 1.165) is 38.9 Å². The molecular formula is C33H29N7O3. The molecule has 0 bridgehead atoms. The van der Waals surface area contributed by atoms with Gasteiger partial charge in [0.2, 0.25) is 23.4 Å². The van der Waals surface area contributed by atoms with Crippen molar-refractivity contribution in [2.24, 2.45) is 0 Å². The molecule has 0 unspecified atom stereocenters. The van der Waals surface area contributed by atoms with Gasteiger partial charge in [-0.2, -0.15) is 9.97 Å². The van der Waals surface area contributed by atoms with Gasteiger partial charge in [-0.3, -0.25) is 4.79 Å². The molecule has 0 aliphatic heterocycles. The first-order valence-corrected chi connectivity index (χ1v) is 14.1. The Bertz CT molecular complexity index is 2180. The van der Waals surface area contributed by atoms with Crippen molar-refractivity contribution >= 4 is 21.8 Å². The van der Waals surface area contributed by atoms with E-state index >= 15 is 0 Å². The zero-order valence-corrected chi connectivity index (χ0v) is 24.3. The Hall–Kier alpha value is -5.38. The first-order chi connectivity index (χ1) is 20.8. The summed E-state index contributed by atoms with van der Waals surface area (Å²) in [6, 6.07) is 22.2. The summed E-state index contributed by atoms with van der Waals surface area (Å²) in [5, 5.41) is 10.3. The van der Waals surface area contributed by atoms with Crippen LogP contribution in [0.1, 0.15) is 48.5 Å². The highest BCUT2D eigenvalue weighted by molar-refractivity contribution is 5.87. The zero-order chi connectivity index (χ0) is 29.7. The highest BCUT2D eigenvalue weighted by Gasteiger charge is 2.19. The first kappa shape index (κ1) is 26.5. The van der Waals surface area contributed by atoms with Gasteiger partial charge in [0.25, 0.3) is 5.56 Å². The van der Waals surface area contributed by atoms with Crippen molar-refractivity contribution < 1.29 is 9.05 Å². The Morgan fingerprint density at radius 3 is 2.14 bits per heavy atom. The van der Waals surface area contributed by atoms with Gasteiger partial charge in [0.1, 0.15) is 11.3 Å². The predicted molar refractivity (Wildman–Crippen MR) is 163 cm³/mol. The molecule has 10 heteroatoms. The number of imidazole rings is 1. The second-order valence-electron chi connectivity index (χ2n) is 11.1. The monoisotopic (exact) mass is 571 g/mol. The largest absolute Gasteiger partial charge is 0.339 e. The number of aromatic nitrogens is 7. The summed E-state index contributed by atoms with van der Waals surface area (Å²) in [5.74, 6) is 3.12. The molecule has 43 heavy (non-hydrogen) atoms. The number of fused-ring (bicyclic) bond motifs is 2. The van der Waals surface area contributed by atoms with Crippen LogP contribution in [0.25, 0.3) is 44.6 Å². The lowest BCUT2D eigenvalue weighted by Gasteiger charge is -2.13. The Morgan fingerprint density at radius 1 is 0.744 bits per heavy atom. The van der Waals surface area contributed by atoms with Crippen molar-refractivity contribution in [3.05, 3.63) is 112 Å². The summed E-state index contributed by atoms with van der Waals surface area (Å²) < 4.78 is 14.1. The lowest BCUT2D eigenvalue weighted by Crippen LogP contribution is -2.23. The van der Waals surface area contributed by atoms with Crippen molar-refractivity contribution in [3.8, 4) is 22.8 Å². The SMILES string of the molecule is Cc1nc(-c2cccc(Cn3ccc4nc(C(C)C)n(Cc5ccc6ccc(-c7noc(C)n7)cc6c5)c4c3=O)c2)no1. The number of hydrogen-bond donors (Lipinski definition) is 0. The quantitative estimate of drug-likeness (QED) is 0.219. The molecule has 0 saturated heterocycles. The molecule has 214 valence electrons. The van der Waals surface area contributed by atoms with Crippen molar-refractivity contribution in [2.75, 3.05) is 0 Å². The Labute approximate surface area is 246 Å². The molecule has 0 N–H and O–H groups in total. The molecule has 10 nitrogen and oxygen atoms in total. The fourth-order valence-electron chi connectivity index (χ4n) is 5.48. The van der Waals surface area contributed by atoms with Gasteiger partial charge in [-0.15, -0.1) is 0 Å². The Morgan fingerprint density at radius 2 is 1.44 bits per heavy atom. The van der Waals surface area contributed by atoms with Crippen molar-refractivity contribution in [3.63, 3.8) is 0 Å². The minimum absolute atomic E-state index is 0.0896. The lowest BCUT2D eigenvalue weighted by molar-refractivity contribution is 0.394. The van der Waals surface area contributed by atoms with Gasteiger partial charge in [0, 0.05) is 43.6 Å². The highest BCUT2D eigenvalue weighted by Crippen LogP contribution is 2.26. The summed E-state index contributed by atoms with van der Waals surface area (Å²) in [4.78, 5) is 27.6. The topological polar surface area (TPSA) is 118 Å². The molecule has 4 heterocycles. The van der Waals surface area contributed by atoms with Crippen LogP contribution < -0.4 is 5.56 Å². The van der Waals surface area contributed by atoms with Crippen LogP contribution in [-0.4, -0.2) is 34.4 Å². The van der Waals surface area contributed by atoms with Gasteiger partial charge in [0.05, 0.1) is 12.1 Å². The molecule has 0 amide bonds. The van der Waals surface area contributed by atoms with E-state index in [4.69, 9.17) is 14.0 Å². The molecule has 0 saturated carbocycles. The lowest BCUT2D eigenvalue weighted by atomic mass is 10.0. The van der Waals surface area contributed by atoms with Crippen molar-refractivity contribution in [2.45, 2.75) is 46.7 Å². The molecule has 0 atom stereocenters. The van der Waals surface area contributed by atoms with E-state index in [0.29, 0.717) is 47.6 Å². The van der Waals surface area contributed by atoms with E-state index in [2.05, 4.69) is 69.0 Å². The molecule has 7 aromatic rings. The van der Waals surface area contributed by atoms with E-state index in [1.54, 1.807) is 18.4 Å². The van der Waals surface area contributed by atoms with Crippen molar-refractivity contribution in [1.29, 1.82) is 0 Å². The highest BCUT2D eigenvalue weighted by atomic mass is 16.5. The standard InChI is InChI=1S/C33H29N7O3/c1-19(2)32-36-28-12-13-39(17-22-6-5-7-25(14-22)30-34-20(3)42-37-30)33(41)29(28)40(32)18-23-8-9-24-10-11-26(16-27(24)15-23)31-35-21(4)43-38-31/h5-16,19H,17-18H2,1-4H3. The summed E-state index contributed by atoms with van der Waals surface area (Å²) in [5.41, 5.74) is 4.94. The Kier molecular flexibility index (Phi) is 6.46. The van der Waals surface area contributed by atoms with E-state index < -0.39 is 0 Å². The smallest absolute Gasteiger partial charge is 0.277 e. The fraction of sp³-hybridized carbons (Fsp3) is 0.212. The van der Waals surface area contributed by atoms with Crippen LogP contribution >= 0.6 is 0 Å². The number of pyridine rings is 1. The minimum atomic E-state index is -0.0896. The maximum atomic E-state index is 14.0. The molecule has 4 aromatic heterocycles. The number of benzene rings is 3. The average molecular weight is 572 g/mol. The summed E-state index contributed by atoms with van der Waals surface area (Å²) in [6.45, 7) is 8.64. The molecule has 0 spiro atoms. The van der Waals surface area contributed by atoms with Crippen LogP contribution in [0.4, 0.5) is 0 Å². The molecule has 0 fully saturated rings. The normalized spacial score (nSPS) is 11.7. The molecule has 7 rings (SSSR count).